The number of carbonyl (C=O) groups is 1. The third-order valence-electron chi connectivity index (χ3n) is 4.25. The number of alkyl carbamates (subject to hydrolysis) is 1. The highest BCUT2D eigenvalue weighted by atomic mass is 16.7. The molecule has 0 saturated carbocycles. The SMILES string of the molecule is CC(C)(C)OC(=O)NCC(=Cc1ccn[nH]1)B1OC(C)(C)C(C)(C)O1. The fourth-order valence-corrected chi connectivity index (χ4v) is 2.23. The van der Waals surface area contributed by atoms with Crippen LogP contribution in [0.3, 0.4) is 0 Å². The predicted molar refractivity (Wildman–Crippen MR) is 96.9 cm³/mol. The van der Waals surface area contributed by atoms with Gasteiger partial charge in [0.25, 0.3) is 0 Å². The predicted octanol–water partition coefficient (Wildman–Crippen LogP) is 2.95. The maximum Gasteiger partial charge on any atom is 0.492 e. The van der Waals surface area contributed by atoms with Crippen molar-refractivity contribution in [1.82, 2.24) is 15.5 Å². The molecule has 2 rings (SSSR count). The van der Waals surface area contributed by atoms with Crippen molar-refractivity contribution in [3.8, 4) is 0 Å². The molecule has 2 heterocycles. The number of aromatic amines is 1. The normalized spacial score (nSPS) is 19.8. The fourth-order valence-electron chi connectivity index (χ4n) is 2.23. The second-order valence-corrected chi connectivity index (χ2v) is 8.17. The third-order valence-corrected chi connectivity index (χ3v) is 4.25. The van der Waals surface area contributed by atoms with E-state index in [0.29, 0.717) is 0 Å². The van der Waals surface area contributed by atoms with E-state index in [1.54, 1.807) is 6.20 Å². The summed E-state index contributed by atoms with van der Waals surface area (Å²) in [4.78, 5) is 12.0. The molecule has 0 bridgehead atoms. The van der Waals surface area contributed by atoms with E-state index in [-0.39, 0.29) is 6.54 Å². The molecule has 8 heteroatoms. The Bertz CT molecular complexity index is 617. The van der Waals surface area contributed by atoms with Crippen molar-refractivity contribution in [1.29, 1.82) is 0 Å². The van der Waals surface area contributed by atoms with Gasteiger partial charge in [-0.1, -0.05) is 0 Å². The van der Waals surface area contributed by atoms with Gasteiger partial charge in [0.2, 0.25) is 0 Å². The number of hydrogen-bond donors (Lipinski definition) is 2. The van der Waals surface area contributed by atoms with E-state index in [9.17, 15) is 4.79 Å². The standard InChI is InChI=1S/C17H28BN3O4/c1-15(2,3)23-14(22)19-11-12(10-13-8-9-20-21-13)18-24-16(4,5)17(6,7)25-18/h8-10H,11H2,1-7H3,(H,19,22)(H,20,21). The minimum absolute atomic E-state index is 0.241. The quantitative estimate of drug-likeness (QED) is 0.817. The number of nitrogens with zero attached hydrogens (tertiary/aromatic N) is 1. The maximum absolute atomic E-state index is 12.0. The monoisotopic (exact) mass is 349 g/mol. The minimum atomic E-state index is -0.566. The number of nitrogens with one attached hydrogen (secondary N) is 2. The van der Waals surface area contributed by atoms with Gasteiger partial charge in [-0.2, -0.15) is 5.10 Å². The van der Waals surface area contributed by atoms with Crippen molar-refractivity contribution in [3.63, 3.8) is 0 Å². The number of ether oxygens (including phenoxy) is 1. The lowest BCUT2D eigenvalue weighted by atomic mass is 9.77. The molecule has 0 aliphatic carbocycles. The van der Waals surface area contributed by atoms with Crippen LogP contribution >= 0.6 is 0 Å². The molecule has 1 fully saturated rings. The van der Waals surface area contributed by atoms with Crippen LogP contribution in [0.5, 0.6) is 0 Å². The van der Waals surface area contributed by atoms with Crippen molar-refractivity contribution in [2.45, 2.75) is 65.3 Å². The van der Waals surface area contributed by atoms with Crippen LogP contribution in [0, 0.1) is 0 Å². The Balaban J connectivity index is 2.14. The van der Waals surface area contributed by atoms with Crippen molar-refractivity contribution in [2.75, 3.05) is 6.54 Å². The van der Waals surface area contributed by atoms with Crippen LogP contribution in [0.2, 0.25) is 0 Å². The molecule has 1 amide bonds. The number of hydrogen-bond acceptors (Lipinski definition) is 5. The lowest BCUT2D eigenvalue weighted by Gasteiger charge is -2.32. The average molecular weight is 349 g/mol. The van der Waals surface area contributed by atoms with Crippen LogP contribution in [-0.2, 0) is 14.0 Å². The van der Waals surface area contributed by atoms with Crippen molar-refractivity contribution in [2.24, 2.45) is 0 Å². The van der Waals surface area contributed by atoms with Crippen LogP contribution < -0.4 is 5.32 Å². The van der Waals surface area contributed by atoms with Gasteiger partial charge in [-0.25, -0.2) is 4.79 Å². The topological polar surface area (TPSA) is 85.5 Å². The largest absolute Gasteiger partial charge is 0.492 e. The van der Waals surface area contributed by atoms with Crippen LogP contribution in [-0.4, -0.2) is 46.8 Å². The second-order valence-electron chi connectivity index (χ2n) is 8.17. The van der Waals surface area contributed by atoms with Gasteiger partial charge in [-0.3, -0.25) is 5.10 Å². The Labute approximate surface area is 149 Å². The van der Waals surface area contributed by atoms with Gasteiger partial charge in [-0.15, -0.1) is 0 Å². The lowest BCUT2D eigenvalue weighted by molar-refractivity contribution is 0.00578. The molecule has 2 N–H and O–H groups in total. The number of rotatable bonds is 4. The summed E-state index contributed by atoms with van der Waals surface area (Å²) in [5.41, 5.74) is 0.0964. The molecule has 1 aliphatic rings. The smallest absolute Gasteiger partial charge is 0.444 e. The summed E-state index contributed by atoms with van der Waals surface area (Å²) in [5, 5.41) is 9.58. The Hall–Kier alpha value is -1.80. The summed E-state index contributed by atoms with van der Waals surface area (Å²) < 4.78 is 17.5. The van der Waals surface area contributed by atoms with Crippen molar-refractivity contribution < 1.29 is 18.8 Å². The minimum Gasteiger partial charge on any atom is -0.444 e. The first-order chi connectivity index (χ1) is 11.4. The van der Waals surface area contributed by atoms with E-state index in [1.807, 2.05) is 60.6 Å². The molecule has 1 aromatic rings. The molecule has 1 aliphatic heterocycles. The number of amides is 1. The van der Waals surface area contributed by atoms with Crippen molar-refractivity contribution in [3.05, 3.63) is 23.4 Å². The van der Waals surface area contributed by atoms with Gasteiger partial charge in [0.15, 0.2) is 0 Å². The molecule has 7 nitrogen and oxygen atoms in total. The van der Waals surface area contributed by atoms with Gasteiger partial charge in [0, 0.05) is 12.7 Å². The first kappa shape index (κ1) is 19.5. The zero-order chi connectivity index (χ0) is 18.9. The Kier molecular flexibility index (Phi) is 5.34. The summed E-state index contributed by atoms with van der Waals surface area (Å²) in [7, 11) is -0.566. The fraction of sp³-hybridized carbons (Fsp3) is 0.647. The highest BCUT2D eigenvalue weighted by molar-refractivity contribution is 6.56. The van der Waals surface area contributed by atoms with E-state index < -0.39 is 30.0 Å². The molecular weight excluding hydrogens is 321 g/mol. The van der Waals surface area contributed by atoms with E-state index in [0.717, 1.165) is 11.2 Å². The molecule has 25 heavy (non-hydrogen) atoms. The van der Waals surface area contributed by atoms with Crippen LogP contribution in [0.25, 0.3) is 6.08 Å². The first-order valence-corrected chi connectivity index (χ1v) is 8.42. The van der Waals surface area contributed by atoms with Crippen LogP contribution in [0.15, 0.2) is 17.7 Å². The van der Waals surface area contributed by atoms with E-state index in [1.165, 1.54) is 0 Å². The van der Waals surface area contributed by atoms with E-state index >= 15 is 0 Å². The Morgan fingerprint density at radius 1 is 1.32 bits per heavy atom. The average Bonchev–Trinajstić information content (AvgIpc) is 2.99. The number of aromatic nitrogens is 2. The molecule has 0 atom stereocenters. The zero-order valence-corrected chi connectivity index (χ0v) is 16.1. The summed E-state index contributed by atoms with van der Waals surface area (Å²) >= 11 is 0. The maximum atomic E-state index is 12.0. The van der Waals surface area contributed by atoms with Crippen molar-refractivity contribution >= 4 is 19.3 Å². The van der Waals surface area contributed by atoms with Gasteiger partial charge < -0.3 is 19.4 Å². The van der Waals surface area contributed by atoms with Gasteiger partial charge in [0.1, 0.15) is 5.60 Å². The molecule has 138 valence electrons. The molecule has 0 aromatic carbocycles. The van der Waals surface area contributed by atoms with Crippen LogP contribution in [0.4, 0.5) is 4.79 Å². The Morgan fingerprint density at radius 3 is 2.40 bits per heavy atom. The molecule has 0 unspecified atom stereocenters. The van der Waals surface area contributed by atoms with Gasteiger partial charge in [0.05, 0.1) is 16.9 Å². The highest BCUT2D eigenvalue weighted by Crippen LogP contribution is 2.38. The second kappa shape index (κ2) is 6.84. The molecule has 1 saturated heterocycles. The number of H-pyrrole nitrogens is 1. The molecule has 0 spiro atoms. The Morgan fingerprint density at radius 2 is 1.92 bits per heavy atom. The summed E-state index contributed by atoms with van der Waals surface area (Å²) in [5.74, 6) is 0. The zero-order valence-electron chi connectivity index (χ0n) is 16.1. The molecule has 1 aromatic heterocycles. The summed E-state index contributed by atoms with van der Waals surface area (Å²) in [6, 6.07) is 1.83. The molecule has 0 radical (unpaired) electrons. The third kappa shape index (κ3) is 5.09. The van der Waals surface area contributed by atoms with Crippen LogP contribution in [0.1, 0.15) is 54.2 Å². The summed E-state index contributed by atoms with van der Waals surface area (Å²) in [6.45, 7) is 13.7. The highest BCUT2D eigenvalue weighted by Gasteiger charge is 2.52. The van der Waals surface area contributed by atoms with Gasteiger partial charge in [-0.05, 0) is 66.1 Å². The number of carbonyl (C=O) groups excluding carboxylic acids is 1. The lowest BCUT2D eigenvalue weighted by Crippen LogP contribution is -2.41. The van der Waals surface area contributed by atoms with E-state index in [2.05, 4.69) is 15.5 Å². The molecular formula is C17H28BN3O4. The summed E-state index contributed by atoms with van der Waals surface area (Å²) in [6.07, 6.45) is 3.04. The van der Waals surface area contributed by atoms with Gasteiger partial charge >= 0.3 is 13.2 Å². The first-order valence-electron chi connectivity index (χ1n) is 8.42. The van der Waals surface area contributed by atoms with E-state index in [4.69, 9.17) is 14.0 Å².